The normalized spacial score (nSPS) is 12.8. The highest BCUT2D eigenvalue weighted by molar-refractivity contribution is 5.29. The molecule has 0 aliphatic heterocycles. The van der Waals surface area contributed by atoms with Crippen LogP contribution in [-0.4, -0.2) is 58.5 Å². The number of hydrogen-bond acceptors (Lipinski definition) is 4. The van der Waals surface area contributed by atoms with Gasteiger partial charge in [-0.2, -0.15) is 0 Å². The summed E-state index contributed by atoms with van der Waals surface area (Å²) in [5.41, 5.74) is 2.71. The summed E-state index contributed by atoms with van der Waals surface area (Å²) in [6, 6.07) is 8.93. The van der Waals surface area contributed by atoms with Crippen molar-refractivity contribution < 1.29 is 9.47 Å². The molecule has 1 rings (SSSR count). The Morgan fingerprint density at radius 3 is 2.24 bits per heavy atom. The summed E-state index contributed by atoms with van der Waals surface area (Å²) in [6.07, 6.45) is 0. The number of aryl methyl sites for hydroxylation is 1. The summed E-state index contributed by atoms with van der Waals surface area (Å²) in [6.45, 7) is 9.59. The molecule has 4 nitrogen and oxygen atoms in total. The monoisotopic (exact) mass is 294 g/mol. The van der Waals surface area contributed by atoms with E-state index < -0.39 is 0 Å². The molecule has 0 aliphatic carbocycles. The maximum Gasteiger partial charge on any atom is 0.0589 e. The number of nitrogens with zero attached hydrogens (tertiary/aromatic N) is 1. The van der Waals surface area contributed by atoms with Crippen LogP contribution in [0.1, 0.15) is 24.1 Å². The van der Waals surface area contributed by atoms with Crippen LogP contribution in [0.4, 0.5) is 0 Å². The summed E-state index contributed by atoms with van der Waals surface area (Å²) >= 11 is 0. The minimum atomic E-state index is 0.338. The highest BCUT2D eigenvalue weighted by Gasteiger charge is 2.16. The van der Waals surface area contributed by atoms with Gasteiger partial charge in [0, 0.05) is 39.9 Å². The van der Waals surface area contributed by atoms with Gasteiger partial charge in [-0.05, 0) is 24.6 Å². The third kappa shape index (κ3) is 6.57. The highest BCUT2D eigenvalue weighted by Crippen LogP contribution is 2.18. The second-order valence-electron chi connectivity index (χ2n) is 5.25. The fourth-order valence-electron chi connectivity index (χ4n) is 2.49. The number of methoxy groups -OCH3 is 2. The molecule has 0 saturated heterocycles. The molecular weight excluding hydrogens is 264 g/mol. The minimum absolute atomic E-state index is 0.338. The van der Waals surface area contributed by atoms with Gasteiger partial charge in [0.05, 0.1) is 13.2 Å². The molecule has 0 aromatic heterocycles. The van der Waals surface area contributed by atoms with E-state index in [9.17, 15) is 0 Å². The quantitative estimate of drug-likeness (QED) is 0.679. The van der Waals surface area contributed by atoms with Gasteiger partial charge in [-0.3, -0.25) is 4.90 Å². The zero-order valence-electron chi connectivity index (χ0n) is 13.9. The van der Waals surface area contributed by atoms with Gasteiger partial charge >= 0.3 is 0 Å². The number of hydrogen-bond donors (Lipinski definition) is 1. The lowest BCUT2D eigenvalue weighted by molar-refractivity contribution is 0.108. The van der Waals surface area contributed by atoms with Gasteiger partial charge in [-0.15, -0.1) is 0 Å². The number of benzene rings is 1. The van der Waals surface area contributed by atoms with Crippen molar-refractivity contribution in [3.8, 4) is 0 Å². The maximum absolute atomic E-state index is 5.22. The number of rotatable bonds is 11. The summed E-state index contributed by atoms with van der Waals surface area (Å²) in [5, 5.41) is 3.60. The van der Waals surface area contributed by atoms with E-state index in [-0.39, 0.29) is 0 Å². The van der Waals surface area contributed by atoms with E-state index in [2.05, 4.69) is 48.3 Å². The van der Waals surface area contributed by atoms with Crippen LogP contribution in [0.3, 0.4) is 0 Å². The van der Waals surface area contributed by atoms with Crippen LogP contribution in [-0.2, 0) is 9.47 Å². The average molecular weight is 294 g/mol. The molecule has 21 heavy (non-hydrogen) atoms. The molecule has 0 fully saturated rings. The van der Waals surface area contributed by atoms with E-state index in [0.29, 0.717) is 6.04 Å². The first kappa shape index (κ1) is 18.1. The third-order valence-corrected chi connectivity index (χ3v) is 3.68. The molecule has 0 radical (unpaired) electrons. The largest absolute Gasteiger partial charge is 0.383 e. The van der Waals surface area contributed by atoms with Crippen LogP contribution in [0.5, 0.6) is 0 Å². The molecule has 120 valence electrons. The van der Waals surface area contributed by atoms with Gasteiger partial charge < -0.3 is 14.8 Å². The lowest BCUT2D eigenvalue weighted by Crippen LogP contribution is -2.39. The Balaban J connectivity index is 2.75. The van der Waals surface area contributed by atoms with E-state index in [1.165, 1.54) is 11.1 Å². The molecule has 1 aromatic rings. The molecule has 1 aromatic carbocycles. The van der Waals surface area contributed by atoms with Crippen LogP contribution in [0.25, 0.3) is 0 Å². The summed E-state index contributed by atoms with van der Waals surface area (Å²) in [4.78, 5) is 2.40. The first-order valence-corrected chi connectivity index (χ1v) is 7.72. The third-order valence-electron chi connectivity index (χ3n) is 3.68. The lowest BCUT2D eigenvalue weighted by Gasteiger charge is -2.28. The second kappa shape index (κ2) is 10.7. The van der Waals surface area contributed by atoms with Gasteiger partial charge in [0.1, 0.15) is 0 Å². The fraction of sp³-hybridized carbons (Fsp3) is 0.647. The van der Waals surface area contributed by atoms with E-state index in [1.54, 1.807) is 14.2 Å². The Labute approximate surface area is 129 Å². The fourth-order valence-corrected chi connectivity index (χ4v) is 2.49. The van der Waals surface area contributed by atoms with E-state index in [4.69, 9.17) is 9.47 Å². The topological polar surface area (TPSA) is 33.7 Å². The molecule has 0 amide bonds. The van der Waals surface area contributed by atoms with Crippen molar-refractivity contribution in [2.45, 2.75) is 19.9 Å². The second-order valence-corrected chi connectivity index (χ2v) is 5.25. The molecule has 0 saturated carbocycles. The molecule has 0 bridgehead atoms. The molecule has 1 atom stereocenters. The molecule has 4 heteroatoms. The average Bonchev–Trinajstić information content (AvgIpc) is 2.49. The molecular formula is C17H30N2O2. The summed E-state index contributed by atoms with van der Waals surface area (Å²) in [5.74, 6) is 0. The number of likely N-dealkylation sites (N-methyl/N-ethyl adjacent to an activating group) is 1. The lowest BCUT2D eigenvalue weighted by atomic mass is 10.0. The van der Waals surface area contributed by atoms with Crippen LogP contribution < -0.4 is 5.32 Å². The van der Waals surface area contributed by atoms with Gasteiger partial charge in [-0.25, -0.2) is 0 Å². The van der Waals surface area contributed by atoms with Gasteiger partial charge in [0.2, 0.25) is 0 Å². The van der Waals surface area contributed by atoms with Crippen molar-refractivity contribution in [2.75, 3.05) is 53.6 Å². The van der Waals surface area contributed by atoms with E-state index in [1.807, 2.05) is 0 Å². The Hall–Kier alpha value is -0.940. The van der Waals surface area contributed by atoms with Gasteiger partial charge in [-0.1, -0.05) is 31.2 Å². The minimum Gasteiger partial charge on any atom is -0.383 e. The van der Waals surface area contributed by atoms with Crippen molar-refractivity contribution in [2.24, 2.45) is 0 Å². The molecule has 0 heterocycles. The zero-order valence-corrected chi connectivity index (χ0v) is 13.9. The maximum atomic E-state index is 5.22. The Bertz CT molecular complexity index is 377. The summed E-state index contributed by atoms with van der Waals surface area (Å²) in [7, 11) is 3.50. The molecule has 0 spiro atoms. The van der Waals surface area contributed by atoms with Crippen molar-refractivity contribution in [1.82, 2.24) is 10.2 Å². The summed E-state index contributed by atoms with van der Waals surface area (Å²) < 4.78 is 10.4. The highest BCUT2D eigenvalue weighted by atomic mass is 16.5. The zero-order chi connectivity index (χ0) is 15.5. The molecule has 0 aliphatic rings. The van der Waals surface area contributed by atoms with Crippen molar-refractivity contribution in [1.29, 1.82) is 0 Å². The SMILES string of the molecule is CCNC(CN(CCOC)CCOC)c1ccccc1C. The van der Waals surface area contributed by atoms with Crippen LogP contribution in [0, 0.1) is 6.92 Å². The molecule has 1 N–H and O–H groups in total. The van der Waals surface area contributed by atoms with Gasteiger partial charge in [0.25, 0.3) is 0 Å². The Morgan fingerprint density at radius 2 is 1.71 bits per heavy atom. The molecule has 1 unspecified atom stereocenters. The van der Waals surface area contributed by atoms with E-state index in [0.717, 1.165) is 39.4 Å². The van der Waals surface area contributed by atoms with Gasteiger partial charge in [0.15, 0.2) is 0 Å². The standard InChI is InChI=1S/C17H30N2O2/c1-5-18-17(16-9-7-6-8-15(16)2)14-19(10-12-20-3)11-13-21-4/h6-9,17-18H,5,10-14H2,1-4H3. The van der Waals surface area contributed by atoms with Crippen molar-refractivity contribution in [3.05, 3.63) is 35.4 Å². The van der Waals surface area contributed by atoms with E-state index >= 15 is 0 Å². The van der Waals surface area contributed by atoms with Crippen LogP contribution in [0.15, 0.2) is 24.3 Å². The smallest absolute Gasteiger partial charge is 0.0589 e. The van der Waals surface area contributed by atoms with Crippen molar-refractivity contribution in [3.63, 3.8) is 0 Å². The van der Waals surface area contributed by atoms with Crippen LogP contribution >= 0.6 is 0 Å². The van der Waals surface area contributed by atoms with Crippen molar-refractivity contribution >= 4 is 0 Å². The first-order chi connectivity index (χ1) is 10.2. The Kier molecular flexibility index (Phi) is 9.26. The first-order valence-electron chi connectivity index (χ1n) is 7.72. The Morgan fingerprint density at radius 1 is 1.10 bits per heavy atom. The van der Waals surface area contributed by atoms with Crippen LogP contribution in [0.2, 0.25) is 0 Å². The number of nitrogens with one attached hydrogen (secondary N) is 1. The number of ether oxygens (including phenoxy) is 2. The predicted molar refractivity (Wildman–Crippen MR) is 87.8 cm³/mol. The predicted octanol–water partition coefficient (Wildman–Crippen LogP) is 2.24.